The predicted octanol–water partition coefficient (Wildman–Crippen LogP) is 4.01. The van der Waals surface area contributed by atoms with Gasteiger partial charge in [0.25, 0.3) is 5.91 Å². The van der Waals surface area contributed by atoms with Crippen LogP contribution in [0.2, 0.25) is 0 Å². The fourth-order valence-electron chi connectivity index (χ4n) is 4.69. The molecule has 0 aromatic heterocycles. The normalized spacial score (nSPS) is 17.2. The molecule has 0 unspecified atom stereocenters. The van der Waals surface area contributed by atoms with Gasteiger partial charge in [-0.3, -0.25) is 9.69 Å². The largest absolute Gasteiger partial charge is 0.495 e. The molecule has 0 radical (unpaired) electrons. The summed E-state index contributed by atoms with van der Waals surface area (Å²) in [5.41, 5.74) is 4.24. The number of nitrogens with zero attached hydrogens (tertiary/aromatic N) is 3. The fraction of sp³-hybridized carbons (Fsp3) is 0.296. The highest BCUT2D eigenvalue weighted by atomic mass is 16.5. The van der Waals surface area contributed by atoms with Gasteiger partial charge in [-0.15, -0.1) is 0 Å². The summed E-state index contributed by atoms with van der Waals surface area (Å²) in [6, 6.07) is 26.9. The molecule has 0 saturated carbocycles. The molecule has 0 N–H and O–H groups in total. The first-order valence-electron chi connectivity index (χ1n) is 11.3. The molecular weight excluding hydrogens is 398 g/mol. The van der Waals surface area contributed by atoms with E-state index < -0.39 is 0 Å². The van der Waals surface area contributed by atoms with Crippen molar-refractivity contribution in [2.75, 3.05) is 51.3 Å². The summed E-state index contributed by atoms with van der Waals surface area (Å²) in [6.07, 6.45) is 0. The summed E-state index contributed by atoms with van der Waals surface area (Å²) in [6.45, 7) is 5.60. The van der Waals surface area contributed by atoms with Crippen molar-refractivity contribution in [2.45, 2.75) is 6.04 Å². The van der Waals surface area contributed by atoms with Gasteiger partial charge in [0, 0.05) is 50.9 Å². The molecule has 0 bridgehead atoms. The number of ether oxygens (including phenoxy) is 1. The number of benzene rings is 3. The predicted molar refractivity (Wildman–Crippen MR) is 128 cm³/mol. The van der Waals surface area contributed by atoms with Crippen LogP contribution in [0.3, 0.4) is 0 Å². The Morgan fingerprint density at radius 1 is 0.781 bits per heavy atom. The topological polar surface area (TPSA) is 36.0 Å². The van der Waals surface area contributed by atoms with Crippen LogP contribution < -0.4 is 9.64 Å². The number of hydrogen-bond donors (Lipinski definition) is 0. The molecule has 1 amide bonds. The molecule has 5 nitrogen and oxygen atoms in total. The standard InChI is InChI=1S/C27H29N3O2/c1-32-26-10-6-5-9-25(26)29-17-15-28(16-18-29)24-19-30(20-24)27(31)23-13-11-22(12-14-23)21-7-3-2-4-8-21/h2-14,24H,15-20H2,1H3. The first-order valence-corrected chi connectivity index (χ1v) is 11.3. The Kier molecular flexibility index (Phi) is 5.82. The van der Waals surface area contributed by atoms with Gasteiger partial charge in [0.1, 0.15) is 5.75 Å². The molecule has 0 atom stereocenters. The average molecular weight is 428 g/mol. The maximum absolute atomic E-state index is 12.9. The maximum Gasteiger partial charge on any atom is 0.253 e. The molecule has 2 fully saturated rings. The van der Waals surface area contributed by atoms with Crippen LogP contribution in [-0.2, 0) is 0 Å². The van der Waals surface area contributed by atoms with E-state index >= 15 is 0 Å². The third kappa shape index (κ3) is 4.08. The monoisotopic (exact) mass is 427 g/mol. The van der Waals surface area contributed by atoms with E-state index in [-0.39, 0.29) is 5.91 Å². The molecule has 32 heavy (non-hydrogen) atoms. The molecule has 5 rings (SSSR count). The van der Waals surface area contributed by atoms with E-state index in [4.69, 9.17) is 4.74 Å². The second-order valence-electron chi connectivity index (χ2n) is 8.50. The van der Waals surface area contributed by atoms with E-state index in [2.05, 4.69) is 34.1 Å². The Hall–Kier alpha value is -3.31. The zero-order chi connectivity index (χ0) is 21.9. The number of para-hydroxylation sites is 2. The molecule has 2 heterocycles. The minimum atomic E-state index is 0.133. The highest BCUT2D eigenvalue weighted by Gasteiger charge is 2.36. The zero-order valence-corrected chi connectivity index (χ0v) is 18.5. The minimum Gasteiger partial charge on any atom is -0.495 e. The van der Waals surface area contributed by atoms with Gasteiger partial charge in [0.05, 0.1) is 12.8 Å². The number of likely N-dealkylation sites (tertiary alicyclic amines) is 1. The van der Waals surface area contributed by atoms with Crippen molar-refractivity contribution in [3.63, 3.8) is 0 Å². The van der Waals surface area contributed by atoms with Crippen molar-refractivity contribution in [1.29, 1.82) is 0 Å². The van der Waals surface area contributed by atoms with Crippen molar-refractivity contribution in [3.8, 4) is 16.9 Å². The third-order valence-electron chi connectivity index (χ3n) is 6.64. The number of carbonyl (C=O) groups is 1. The lowest BCUT2D eigenvalue weighted by Gasteiger charge is -2.48. The molecule has 2 aliphatic heterocycles. The zero-order valence-electron chi connectivity index (χ0n) is 18.5. The van der Waals surface area contributed by atoms with Crippen molar-refractivity contribution in [3.05, 3.63) is 84.4 Å². The van der Waals surface area contributed by atoms with Crippen LogP contribution in [0.4, 0.5) is 5.69 Å². The Bertz CT molecular complexity index is 1050. The number of methoxy groups -OCH3 is 1. The summed E-state index contributed by atoms with van der Waals surface area (Å²) >= 11 is 0. The fourth-order valence-corrected chi connectivity index (χ4v) is 4.69. The lowest BCUT2D eigenvalue weighted by Crippen LogP contribution is -2.64. The van der Waals surface area contributed by atoms with E-state index in [1.54, 1.807) is 7.11 Å². The molecule has 0 aliphatic carbocycles. The third-order valence-corrected chi connectivity index (χ3v) is 6.64. The van der Waals surface area contributed by atoms with Crippen LogP contribution in [0.15, 0.2) is 78.9 Å². The summed E-state index contributed by atoms with van der Waals surface area (Å²) in [7, 11) is 1.73. The first-order chi connectivity index (χ1) is 15.7. The van der Waals surface area contributed by atoms with Crippen LogP contribution in [0, 0.1) is 0 Å². The second-order valence-corrected chi connectivity index (χ2v) is 8.50. The Morgan fingerprint density at radius 3 is 2.09 bits per heavy atom. The van der Waals surface area contributed by atoms with Crippen molar-refractivity contribution in [2.24, 2.45) is 0 Å². The number of piperazine rings is 1. The molecule has 0 spiro atoms. The van der Waals surface area contributed by atoms with Crippen molar-refractivity contribution in [1.82, 2.24) is 9.80 Å². The Labute approximate surface area is 189 Å². The van der Waals surface area contributed by atoms with Gasteiger partial charge < -0.3 is 14.5 Å². The molecule has 3 aromatic carbocycles. The quantitative estimate of drug-likeness (QED) is 0.617. The minimum absolute atomic E-state index is 0.133. The van der Waals surface area contributed by atoms with E-state index in [1.165, 1.54) is 11.3 Å². The van der Waals surface area contributed by atoms with Crippen LogP contribution in [0.1, 0.15) is 10.4 Å². The number of amides is 1. The highest BCUT2D eigenvalue weighted by Crippen LogP contribution is 2.29. The molecule has 2 aliphatic rings. The van der Waals surface area contributed by atoms with Gasteiger partial charge in [-0.2, -0.15) is 0 Å². The van der Waals surface area contributed by atoms with Gasteiger partial charge >= 0.3 is 0 Å². The number of anilines is 1. The highest BCUT2D eigenvalue weighted by molar-refractivity contribution is 5.95. The van der Waals surface area contributed by atoms with Crippen LogP contribution in [-0.4, -0.2) is 68.1 Å². The van der Waals surface area contributed by atoms with E-state index in [0.717, 1.165) is 56.1 Å². The number of rotatable bonds is 5. The molecule has 5 heteroatoms. The van der Waals surface area contributed by atoms with Gasteiger partial charge in [-0.1, -0.05) is 54.6 Å². The number of carbonyl (C=O) groups excluding carboxylic acids is 1. The van der Waals surface area contributed by atoms with Gasteiger partial charge in [-0.05, 0) is 35.4 Å². The molecular formula is C27H29N3O2. The summed E-state index contributed by atoms with van der Waals surface area (Å²) in [4.78, 5) is 19.8. The summed E-state index contributed by atoms with van der Waals surface area (Å²) < 4.78 is 5.52. The lowest BCUT2D eigenvalue weighted by molar-refractivity contribution is 0.0246. The smallest absolute Gasteiger partial charge is 0.253 e. The van der Waals surface area contributed by atoms with Crippen molar-refractivity contribution < 1.29 is 9.53 Å². The van der Waals surface area contributed by atoms with Crippen LogP contribution in [0.5, 0.6) is 5.75 Å². The maximum atomic E-state index is 12.9. The van der Waals surface area contributed by atoms with Gasteiger partial charge in [0.2, 0.25) is 0 Å². The Morgan fingerprint density at radius 2 is 1.41 bits per heavy atom. The lowest BCUT2D eigenvalue weighted by atomic mass is 10.0. The van der Waals surface area contributed by atoms with E-state index in [0.29, 0.717) is 6.04 Å². The first kappa shape index (κ1) is 20.6. The van der Waals surface area contributed by atoms with Crippen LogP contribution >= 0.6 is 0 Å². The van der Waals surface area contributed by atoms with Crippen LogP contribution in [0.25, 0.3) is 11.1 Å². The number of hydrogen-bond acceptors (Lipinski definition) is 4. The van der Waals surface area contributed by atoms with Gasteiger partial charge in [-0.25, -0.2) is 0 Å². The van der Waals surface area contributed by atoms with Crippen molar-refractivity contribution >= 4 is 11.6 Å². The van der Waals surface area contributed by atoms with Gasteiger partial charge in [0.15, 0.2) is 0 Å². The van der Waals surface area contributed by atoms with E-state index in [1.807, 2.05) is 59.5 Å². The molecule has 164 valence electrons. The average Bonchev–Trinajstić information content (AvgIpc) is 2.84. The molecule has 2 saturated heterocycles. The Balaban J connectivity index is 1.13. The summed E-state index contributed by atoms with van der Waals surface area (Å²) in [5.74, 6) is 1.06. The second kappa shape index (κ2) is 9.05. The molecule has 3 aromatic rings. The van der Waals surface area contributed by atoms with E-state index in [9.17, 15) is 4.79 Å². The summed E-state index contributed by atoms with van der Waals surface area (Å²) in [5, 5.41) is 0. The SMILES string of the molecule is COc1ccccc1N1CCN(C2CN(C(=O)c3ccc(-c4ccccc4)cc3)C2)CC1.